The SMILES string of the molecule is C[C@@H]1CCc2[nH]c(=O)c(C(=O)NCCc3ccc(F)cc3)cc2C1. The van der Waals surface area contributed by atoms with Gasteiger partial charge in [0, 0.05) is 12.2 Å². The Morgan fingerprint density at radius 3 is 2.83 bits per heavy atom. The number of benzene rings is 1. The van der Waals surface area contributed by atoms with Crippen LogP contribution in [0.3, 0.4) is 0 Å². The molecule has 3 rings (SSSR count). The molecule has 5 heteroatoms. The minimum Gasteiger partial charge on any atom is -0.352 e. The summed E-state index contributed by atoms with van der Waals surface area (Å²) in [5.41, 5.74) is 2.80. The van der Waals surface area contributed by atoms with E-state index in [2.05, 4.69) is 17.2 Å². The van der Waals surface area contributed by atoms with Crippen LogP contribution < -0.4 is 10.9 Å². The quantitative estimate of drug-likeness (QED) is 0.906. The van der Waals surface area contributed by atoms with E-state index in [1.807, 2.05) is 0 Å². The van der Waals surface area contributed by atoms with Gasteiger partial charge < -0.3 is 10.3 Å². The topological polar surface area (TPSA) is 62.0 Å². The van der Waals surface area contributed by atoms with Gasteiger partial charge in [-0.1, -0.05) is 19.1 Å². The van der Waals surface area contributed by atoms with Crippen LogP contribution >= 0.6 is 0 Å². The fourth-order valence-electron chi connectivity index (χ4n) is 3.12. The number of nitrogens with one attached hydrogen (secondary N) is 2. The highest BCUT2D eigenvalue weighted by molar-refractivity contribution is 5.94. The first kappa shape index (κ1) is 16.4. The number of aryl methyl sites for hydroxylation is 1. The number of aromatic amines is 1. The number of rotatable bonds is 4. The molecule has 1 aliphatic rings. The number of pyridine rings is 1. The van der Waals surface area contributed by atoms with Gasteiger partial charge in [-0.2, -0.15) is 0 Å². The molecule has 2 aromatic rings. The van der Waals surface area contributed by atoms with Gasteiger partial charge in [0.05, 0.1) is 0 Å². The first-order valence-electron chi connectivity index (χ1n) is 8.30. The molecule has 126 valence electrons. The van der Waals surface area contributed by atoms with Crippen molar-refractivity contribution in [3.8, 4) is 0 Å². The second-order valence-electron chi connectivity index (χ2n) is 6.50. The lowest BCUT2D eigenvalue weighted by molar-refractivity contribution is 0.0952. The minimum atomic E-state index is -0.362. The lowest BCUT2D eigenvalue weighted by Gasteiger charge is -2.21. The third-order valence-electron chi connectivity index (χ3n) is 4.53. The number of hydrogen-bond donors (Lipinski definition) is 2. The molecule has 1 aromatic carbocycles. The molecule has 0 radical (unpaired) electrons. The first-order chi connectivity index (χ1) is 11.5. The standard InChI is InChI=1S/C19H21FN2O2/c1-12-2-7-17-14(10-12)11-16(19(24)22-17)18(23)21-9-8-13-3-5-15(20)6-4-13/h3-6,11-12H,2,7-10H2,1H3,(H,21,23)(H,22,24)/t12-/m1/s1. The van der Waals surface area contributed by atoms with E-state index in [4.69, 9.17) is 0 Å². The Balaban J connectivity index is 1.65. The number of fused-ring (bicyclic) bond motifs is 1. The van der Waals surface area contributed by atoms with Gasteiger partial charge in [0.15, 0.2) is 0 Å². The Labute approximate surface area is 140 Å². The number of amides is 1. The van der Waals surface area contributed by atoms with E-state index in [0.717, 1.165) is 36.1 Å². The predicted molar refractivity (Wildman–Crippen MR) is 90.7 cm³/mol. The van der Waals surface area contributed by atoms with Crippen molar-refractivity contribution in [2.24, 2.45) is 5.92 Å². The van der Waals surface area contributed by atoms with Crippen LogP contribution in [0.1, 0.15) is 40.5 Å². The molecule has 0 bridgehead atoms. The summed E-state index contributed by atoms with van der Waals surface area (Å²) in [7, 11) is 0. The number of halogens is 1. The average molecular weight is 328 g/mol. The van der Waals surface area contributed by atoms with E-state index >= 15 is 0 Å². The summed E-state index contributed by atoms with van der Waals surface area (Å²) in [6, 6.07) is 7.90. The number of H-pyrrole nitrogens is 1. The summed E-state index contributed by atoms with van der Waals surface area (Å²) in [4.78, 5) is 27.3. The van der Waals surface area contributed by atoms with Crippen molar-refractivity contribution < 1.29 is 9.18 Å². The lowest BCUT2D eigenvalue weighted by atomic mass is 9.87. The van der Waals surface area contributed by atoms with Crippen LogP contribution in [0.25, 0.3) is 0 Å². The molecule has 1 aliphatic carbocycles. The van der Waals surface area contributed by atoms with Crippen LogP contribution in [0.15, 0.2) is 35.1 Å². The Kier molecular flexibility index (Phi) is 4.79. The van der Waals surface area contributed by atoms with Crippen LogP contribution in [0.5, 0.6) is 0 Å². The molecule has 0 saturated heterocycles. The predicted octanol–water partition coefficient (Wildman–Crippen LogP) is 2.61. The Bertz CT molecular complexity index is 796. The molecular weight excluding hydrogens is 307 g/mol. The van der Waals surface area contributed by atoms with Crippen LogP contribution in [0, 0.1) is 11.7 Å². The van der Waals surface area contributed by atoms with Gasteiger partial charge in [-0.3, -0.25) is 9.59 Å². The Morgan fingerprint density at radius 1 is 1.33 bits per heavy atom. The van der Waals surface area contributed by atoms with Crippen LogP contribution in [-0.2, 0) is 19.3 Å². The van der Waals surface area contributed by atoms with Crippen molar-refractivity contribution in [3.63, 3.8) is 0 Å². The molecule has 4 nitrogen and oxygen atoms in total. The maximum atomic E-state index is 12.9. The van der Waals surface area contributed by atoms with Gasteiger partial charge in [-0.25, -0.2) is 4.39 Å². The molecule has 2 N–H and O–H groups in total. The smallest absolute Gasteiger partial charge is 0.261 e. The van der Waals surface area contributed by atoms with Crippen molar-refractivity contribution >= 4 is 5.91 Å². The zero-order valence-corrected chi connectivity index (χ0v) is 13.7. The molecule has 0 fully saturated rings. The number of hydrogen-bond acceptors (Lipinski definition) is 2. The van der Waals surface area contributed by atoms with E-state index in [9.17, 15) is 14.0 Å². The third-order valence-corrected chi connectivity index (χ3v) is 4.53. The summed E-state index contributed by atoms with van der Waals surface area (Å²) in [6.07, 6.45) is 3.40. The largest absolute Gasteiger partial charge is 0.352 e. The Hall–Kier alpha value is -2.43. The molecule has 1 atom stereocenters. The van der Waals surface area contributed by atoms with Crippen molar-refractivity contribution in [1.82, 2.24) is 10.3 Å². The zero-order chi connectivity index (χ0) is 17.1. The Morgan fingerprint density at radius 2 is 2.08 bits per heavy atom. The van der Waals surface area contributed by atoms with Crippen molar-refractivity contribution in [3.05, 3.63) is 68.9 Å². The van der Waals surface area contributed by atoms with Crippen molar-refractivity contribution in [1.29, 1.82) is 0 Å². The van der Waals surface area contributed by atoms with Gasteiger partial charge >= 0.3 is 0 Å². The summed E-state index contributed by atoms with van der Waals surface area (Å²) in [5, 5.41) is 2.77. The minimum absolute atomic E-state index is 0.168. The fourth-order valence-corrected chi connectivity index (χ4v) is 3.12. The zero-order valence-electron chi connectivity index (χ0n) is 13.7. The third kappa shape index (κ3) is 3.72. The van der Waals surface area contributed by atoms with Gasteiger partial charge in [0.2, 0.25) is 0 Å². The number of carbonyl (C=O) groups is 1. The van der Waals surface area contributed by atoms with Crippen LogP contribution in [0.4, 0.5) is 4.39 Å². The first-order valence-corrected chi connectivity index (χ1v) is 8.30. The van der Waals surface area contributed by atoms with E-state index in [0.29, 0.717) is 18.9 Å². The van der Waals surface area contributed by atoms with Crippen molar-refractivity contribution in [2.75, 3.05) is 6.54 Å². The molecule has 1 heterocycles. The normalized spacial score (nSPS) is 16.5. The van der Waals surface area contributed by atoms with Gasteiger partial charge in [-0.15, -0.1) is 0 Å². The maximum absolute atomic E-state index is 12.9. The summed E-state index contributed by atoms with van der Waals surface area (Å²) in [6.45, 7) is 2.58. The molecule has 1 aromatic heterocycles. The summed E-state index contributed by atoms with van der Waals surface area (Å²) in [5.74, 6) is -0.0743. The molecule has 24 heavy (non-hydrogen) atoms. The highest BCUT2D eigenvalue weighted by Gasteiger charge is 2.19. The summed E-state index contributed by atoms with van der Waals surface area (Å²) < 4.78 is 12.9. The molecule has 1 amide bonds. The lowest BCUT2D eigenvalue weighted by Crippen LogP contribution is -2.32. The van der Waals surface area contributed by atoms with Gasteiger partial charge in [0.25, 0.3) is 11.5 Å². The second kappa shape index (κ2) is 6.99. The molecule has 0 unspecified atom stereocenters. The van der Waals surface area contributed by atoms with E-state index in [1.165, 1.54) is 12.1 Å². The summed E-state index contributed by atoms with van der Waals surface area (Å²) >= 11 is 0. The van der Waals surface area contributed by atoms with Crippen molar-refractivity contribution in [2.45, 2.75) is 32.6 Å². The van der Waals surface area contributed by atoms with Crippen LogP contribution in [-0.4, -0.2) is 17.4 Å². The van der Waals surface area contributed by atoms with Crippen LogP contribution in [0.2, 0.25) is 0 Å². The molecule has 0 saturated carbocycles. The van der Waals surface area contributed by atoms with E-state index < -0.39 is 0 Å². The average Bonchev–Trinajstić information content (AvgIpc) is 2.56. The fraction of sp³-hybridized carbons (Fsp3) is 0.368. The van der Waals surface area contributed by atoms with E-state index in [1.54, 1.807) is 18.2 Å². The second-order valence-corrected chi connectivity index (χ2v) is 6.50. The van der Waals surface area contributed by atoms with Gasteiger partial charge in [-0.05, 0) is 60.9 Å². The van der Waals surface area contributed by atoms with E-state index in [-0.39, 0.29) is 22.8 Å². The monoisotopic (exact) mass is 328 g/mol. The highest BCUT2D eigenvalue weighted by atomic mass is 19.1. The number of aromatic nitrogens is 1. The highest BCUT2D eigenvalue weighted by Crippen LogP contribution is 2.23. The number of carbonyl (C=O) groups excluding carboxylic acids is 1. The maximum Gasteiger partial charge on any atom is 0.261 e. The van der Waals surface area contributed by atoms with Gasteiger partial charge in [0.1, 0.15) is 11.4 Å². The molecule has 0 aliphatic heterocycles. The molecular formula is C19H21FN2O2. The molecule has 0 spiro atoms.